The number of rotatable bonds is 7. The number of aliphatic carboxylic acids is 1. The molecule has 0 saturated carbocycles. The predicted molar refractivity (Wildman–Crippen MR) is 98.1 cm³/mol. The molecular weight excluding hydrogens is 390 g/mol. The zero-order valence-corrected chi connectivity index (χ0v) is 15.6. The second-order valence-electron chi connectivity index (χ2n) is 6.11. The SMILES string of the molecule is Cn1cc(Cc2cn(CC(=O)O)c(SCc3ccc(F)c(F)c3)nc2=O)cn1. The first-order chi connectivity index (χ1) is 13.3. The van der Waals surface area contributed by atoms with Gasteiger partial charge in [-0.05, 0) is 23.3 Å². The molecule has 0 spiro atoms. The fourth-order valence-corrected chi connectivity index (χ4v) is 3.48. The van der Waals surface area contributed by atoms with Crippen LogP contribution >= 0.6 is 11.8 Å². The van der Waals surface area contributed by atoms with Gasteiger partial charge in [-0.1, -0.05) is 17.8 Å². The van der Waals surface area contributed by atoms with Crippen molar-refractivity contribution in [2.75, 3.05) is 0 Å². The molecule has 2 heterocycles. The molecule has 0 aliphatic carbocycles. The van der Waals surface area contributed by atoms with Gasteiger partial charge in [-0.2, -0.15) is 10.1 Å². The van der Waals surface area contributed by atoms with Crippen molar-refractivity contribution in [1.82, 2.24) is 19.3 Å². The number of aryl methyl sites for hydroxylation is 1. The average Bonchev–Trinajstić information content (AvgIpc) is 3.03. The Labute approximate surface area is 162 Å². The largest absolute Gasteiger partial charge is 0.480 e. The first-order valence-electron chi connectivity index (χ1n) is 8.18. The summed E-state index contributed by atoms with van der Waals surface area (Å²) in [7, 11) is 1.75. The van der Waals surface area contributed by atoms with Crippen molar-refractivity contribution < 1.29 is 18.7 Å². The summed E-state index contributed by atoms with van der Waals surface area (Å²) >= 11 is 1.07. The van der Waals surface area contributed by atoms with Crippen LogP contribution in [-0.4, -0.2) is 30.4 Å². The standard InChI is InChI=1S/C18H16F2N4O3S/c1-23-7-12(6-21-23)4-13-8-24(9-16(25)26)18(22-17(13)27)28-10-11-2-3-14(19)15(20)5-11/h2-3,5-8H,4,9-10H2,1H3,(H,25,26). The zero-order valence-electron chi connectivity index (χ0n) is 14.8. The Morgan fingerprint density at radius 2 is 2.00 bits per heavy atom. The van der Waals surface area contributed by atoms with Gasteiger partial charge in [0.15, 0.2) is 16.8 Å². The molecule has 0 atom stereocenters. The predicted octanol–water partition coefficient (Wildman–Crippen LogP) is 2.22. The number of hydrogen-bond donors (Lipinski definition) is 1. The van der Waals surface area contributed by atoms with Crippen LogP contribution in [0.25, 0.3) is 0 Å². The number of aromatic nitrogens is 4. The van der Waals surface area contributed by atoms with Gasteiger partial charge in [-0.3, -0.25) is 14.3 Å². The molecule has 3 rings (SSSR count). The first kappa shape index (κ1) is 19.7. The van der Waals surface area contributed by atoms with Gasteiger partial charge in [0.25, 0.3) is 5.56 Å². The normalized spacial score (nSPS) is 11.0. The lowest BCUT2D eigenvalue weighted by molar-refractivity contribution is -0.137. The molecule has 2 aromatic heterocycles. The van der Waals surface area contributed by atoms with Crippen molar-refractivity contribution in [3.8, 4) is 0 Å². The van der Waals surface area contributed by atoms with Crippen molar-refractivity contribution in [2.45, 2.75) is 23.9 Å². The zero-order chi connectivity index (χ0) is 20.3. The lowest BCUT2D eigenvalue weighted by Gasteiger charge is -2.12. The van der Waals surface area contributed by atoms with Crippen LogP contribution in [0.1, 0.15) is 16.7 Å². The monoisotopic (exact) mass is 406 g/mol. The number of hydrogen-bond acceptors (Lipinski definition) is 5. The summed E-state index contributed by atoms with van der Waals surface area (Å²) in [4.78, 5) is 27.6. The van der Waals surface area contributed by atoms with Crippen molar-refractivity contribution in [1.29, 1.82) is 0 Å². The van der Waals surface area contributed by atoms with Crippen LogP contribution in [0.4, 0.5) is 8.78 Å². The molecule has 3 aromatic rings. The highest BCUT2D eigenvalue weighted by molar-refractivity contribution is 7.98. The van der Waals surface area contributed by atoms with E-state index in [-0.39, 0.29) is 23.9 Å². The van der Waals surface area contributed by atoms with Crippen molar-refractivity contribution in [2.24, 2.45) is 7.05 Å². The van der Waals surface area contributed by atoms with Gasteiger partial charge in [0.05, 0.1) is 6.20 Å². The molecule has 0 aliphatic rings. The summed E-state index contributed by atoms with van der Waals surface area (Å²) in [6, 6.07) is 3.49. The third kappa shape index (κ3) is 4.83. The van der Waals surface area contributed by atoms with E-state index in [0.717, 1.165) is 29.5 Å². The van der Waals surface area contributed by atoms with E-state index in [1.807, 2.05) is 0 Å². The molecule has 0 saturated heterocycles. The van der Waals surface area contributed by atoms with Crippen LogP contribution < -0.4 is 5.56 Å². The number of nitrogens with zero attached hydrogens (tertiary/aromatic N) is 4. The van der Waals surface area contributed by atoms with E-state index in [2.05, 4.69) is 10.1 Å². The highest BCUT2D eigenvalue weighted by atomic mass is 32.2. The smallest absolute Gasteiger partial charge is 0.323 e. The molecule has 0 unspecified atom stereocenters. The number of thioether (sulfide) groups is 1. The van der Waals surface area contributed by atoms with Crippen molar-refractivity contribution >= 4 is 17.7 Å². The van der Waals surface area contributed by atoms with Gasteiger partial charge < -0.3 is 9.67 Å². The topological polar surface area (TPSA) is 90.0 Å². The molecule has 0 amide bonds. The summed E-state index contributed by atoms with van der Waals surface area (Å²) < 4.78 is 29.3. The van der Waals surface area contributed by atoms with E-state index in [0.29, 0.717) is 11.1 Å². The molecule has 7 nitrogen and oxygen atoms in total. The number of carbonyl (C=O) groups is 1. The minimum atomic E-state index is -1.09. The summed E-state index contributed by atoms with van der Waals surface area (Å²) in [6.07, 6.45) is 5.11. The highest BCUT2D eigenvalue weighted by Gasteiger charge is 2.13. The van der Waals surface area contributed by atoms with Gasteiger partial charge in [-0.25, -0.2) is 8.78 Å². The second-order valence-corrected chi connectivity index (χ2v) is 7.05. The van der Waals surface area contributed by atoms with Crippen LogP contribution in [0.15, 0.2) is 46.7 Å². The second kappa shape index (κ2) is 8.34. The Kier molecular flexibility index (Phi) is 5.88. The maximum Gasteiger partial charge on any atom is 0.323 e. The minimum Gasteiger partial charge on any atom is -0.480 e. The highest BCUT2D eigenvalue weighted by Crippen LogP contribution is 2.22. The van der Waals surface area contributed by atoms with Gasteiger partial charge in [-0.15, -0.1) is 0 Å². The Morgan fingerprint density at radius 1 is 1.21 bits per heavy atom. The first-order valence-corrected chi connectivity index (χ1v) is 9.17. The molecule has 146 valence electrons. The summed E-state index contributed by atoms with van der Waals surface area (Å²) in [5, 5.41) is 13.4. The summed E-state index contributed by atoms with van der Waals surface area (Å²) in [6.45, 7) is -0.382. The fourth-order valence-electron chi connectivity index (χ4n) is 2.58. The van der Waals surface area contributed by atoms with Crippen LogP contribution in [0.3, 0.4) is 0 Å². The molecule has 1 aromatic carbocycles. The van der Waals surface area contributed by atoms with E-state index in [1.165, 1.54) is 16.8 Å². The average molecular weight is 406 g/mol. The molecule has 1 N–H and O–H groups in total. The lowest BCUT2D eigenvalue weighted by atomic mass is 10.1. The number of benzene rings is 1. The quantitative estimate of drug-likeness (QED) is 0.478. The Bertz CT molecular complexity index is 1080. The number of carboxylic acid groups (broad SMARTS) is 1. The van der Waals surface area contributed by atoms with E-state index < -0.39 is 23.2 Å². The van der Waals surface area contributed by atoms with E-state index in [4.69, 9.17) is 5.11 Å². The molecule has 0 fully saturated rings. The van der Waals surface area contributed by atoms with Gasteiger partial charge >= 0.3 is 5.97 Å². The van der Waals surface area contributed by atoms with Crippen molar-refractivity contribution in [3.63, 3.8) is 0 Å². The van der Waals surface area contributed by atoms with E-state index in [9.17, 15) is 18.4 Å². The van der Waals surface area contributed by atoms with Gasteiger partial charge in [0.2, 0.25) is 0 Å². The lowest BCUT2D eigenvalue weighted by Crippen LogP contribution is -2.22. The van der Waals surface area contributed by atoms with E-state index in [1.54, 1.807) is 24.1 Å². The maximum absolute atomic E-state index is 13.3. The molecule has 0 radical (unpaired) electrons. The Hall–Kier alpha value is -3.01. The number of halogens is 2. The minimum absolute atomic E-state index is 0.187. The molecule has 0 bridgehead atoms. The molecule has 0 aliphatic heterocycles. The third-order valence-corrected chi connectivity index (χ3v) is 4.90. The fraction of sp³-hybridized carbons (Fsp3) is 0.222. The molecular formula is C18H16F2N4O3S. The maximum atomic E-state index is 13.3. The number of carboxylic acids is 1. The van der Waals surface area contributed by atoms with Crippen LogP contribution in [0.2, 0.25) is 0 Å². The Balaban J connectivity index is 1.86. The summed E-state index contributed by atoms with van der Waals surface area (Å²) in [5.41, 5.74) is 1.15. The van der Waals surface area contributed by atoms with Gasteiger partial charge in [0.1, 0.15) is 6.54 Å². The van der Waals surface area contributed by atoms with Crippen LogP contribution in [0.5, 0.6) is 0 Å². The van der Waals surface area contributed by atoms with E-state index >= 15 is 0 Å². The van der Waals surface area contributed by atoms with Crippen molar-refractivity contribution in [3.05, 3.63) is 75.5 Å². The molecule has 10 heteroatoms. The Morgan fingerprint density at radius 3 is 2.64 bits per heavy atom. The van der Waals surface area contributed by atoms with Crippen LogP contribution in [-0.2, 0) is 30.6 Å². The van der Waals surface area contributed by atoms with Crippen LogP contribution in [0, 0.1) is 11.6 Å². The van der Waals surface area contributed by atoms with Gasteiger partial charge in [0, 0.05) is 37.2 Å². The summed E-state index contributed by atoms with van der Waals surface area (Å²) in [5.74, 6) is -2.81. The molecule has 28 heavy (non-hydrogen) atoms. The third-order valence-electron chi connectivity index (χ3n) is 3.84.